The van der Waals surface area contributed by atoms with Crippen LogP contribution in [0.2, 0.25) is 0 Å². The zero-order valence-electron chi connectivity index (χ0n) is 14.8. The van der Waals surface area contributed by atoms with Gasteiger partial charge in [0.1, 0.15) is 5.60 Å². The zero-order chi connectivity index (χ0) is 16.6. The van der Waals surface area contributed by atoms with E-state index in [1.165, 1.54) is 0 Å². The molecular formula is C15H32N4O2. The Kier molecular flexibility index (Phi) is 8.14. The van der Waals surface area contributed by atoms with Gasteiger partial charge in [-0.2, -0.15) is 0 Å². The molecule has 0 aromatic heterocycles. The molecule has 0 aromatic carbocycles. The molecule has 1 unspecified atom stereocenters. The summed E-state index contributed by atoms with van der Waals surface area (Å²) in [4.78, 5) is 18.1. The van der Waals surface area contributed by atoms with Gasteiger partial charge in [-0.1, -0.05) is 13.8 Å². The molecule has 0 heterocycles. The summed E-state index contributed by atoms with van der Waals surface area (Å²) < 4.78 is 5.32. The Morgan fingerprint density at radius 2 is 1.90 bits per heavy atom. The molecule has 2 N–H and O–H groups in total. The second-order valence-electron chi connectivity index (χ2n) is 6.50. The van der Waals surface area contributed by atoms with Crippen molar-refractivity contribution >= 4 is 12.1 Å². The van der Waals surface area contributed by atoms with Crippen molar-refractivity contribution < 1.29 is 9.53 Å². The van der Waals surface area contributed by atoms with Gasteiger partial charge in [0.05, 0.1) is 0 Å². The number of nitrogens with zero attached hydrogens (tertiary/aromatic N) is 2. The van der Waals surface area contributed by atoms with Crippen molar-refractivity contribution in [2.45, 2.75) is 52.7 Å². The Morgan fingerprint density at radius 1 is 1.33 bits per heavy atom. The minimum Gasteiger partial charge on any atom is -0.444 e. The van der Waals surface area contributed by atoms with E-state index in [2.05, 4.69) is 29.5 Å². The molecule has 6 nitrogen and oxygen atoms in total. The number of ether oxygens (including phenoxy) is 1. The second-order valence-corrected chi connectivity index (χ2v) is 6.50. The first-order chi connectivity index (χ1) is 9.60. The summed E-state index contributed by atoms with van der Waals surface area (Å²) >= 11 is 0. The fraction of sp³-hybridized carbons (Fsp3) is 0.867. The molecule has 1 atom stereocenters. The fourth-order valence-corrected chi connectivity index (χ4v) is 1.94. The molecular weight excluding hydrogens is 268 g/mol. The van der Waals surface area contributed by atoms with Crippen molar-refractivity contribution in [1.82, 2.24) is 15.5 Å². The number of rotatable bonds is 5. The highest BCUT2D eigenvalue weighted by atomic mass is 16.6. The van der Waals surface area contributed by atoms with Crippen LogP contribution in [-0.4, -0.2) is 56.3 Å². The second kappa shape index (κ2) is 8.74. The van der Waals surface area contributed by atoms with E-state index in [9.17, 15) is 4.79 Å². The molecule has 0 fully saturated rings. The highest BCUT2D eigenvalue weighted by Crippen LogP contribution is 2.11. The maximum absolute atomic E-state index is 11.9. The van der Waals surface area contributed by atoms with Crippen LogP contribution in [0.3, 0.4) is 0 Å². The van der Waals surface area contributed by atoms with Gasteiger partial charge in [-0.25, -0.2) is 4.79 Å². The summed E-state index contributed by atoms with van der Waals surface area (Å²) in [7, 11) is 5.57. The van der Waals surface area contributed by atoms with Crippen LogP contribution in [0.1, 0.15) is 41.0 Å². The third-order valence-corrected chi connectivity index (χ3v) is 3.08. The first-order valence-electron chi connectivity index (χ1n) is 7.46. The predicted octanol–water partition coefficient (Wildman–Crippen LogP) is 2.06. The van der Waals surface area contributed by atoms with E-state index in [-0.39, 0.29) is 12.1 Å². The van der Waals surface area contributed by atoms with E-state index in [0.29, 0.717) is 5.92 Å². The Hall–Kier alpha value is -1.46. The Labute approximate surface area is 129 Å². The summed E-state index contributed by atoms with van der Waals surface area (Å²) in [6.45, 7) is 10.6. The van der Waals surface area contributed by atoms with E-state index in [1.807, 2.05) is 39.8 Å². The number of carbonyl (C=O) groups excluding carboxylic acids is 1. The quantitative estimate of drug-likeness (QED) is 0.602. The number of aliphatic imine (C=N–C) groups is 1. The van der Waals surface area contributed by atoms with Gasteiger partial charge in [-0.3, -0.25) is 4.99 Å². The Morgan fingerprint density at radius 3 is 2.29 bits per heavy atom. The summed E-state index contributed by atoms with van der Waals surface area (Å²) in [6.07, 6.45) is 0.468. The maximum atomic E-state index is 11.9. The Bertz CT molecular complexity index is 348. The van der Waals surface area contributed by atoms with Gasteiger partial charge in [0, 0.05) is 33.7 Å². The van der Waals surface area contributed by atoms with E-state index in [0.717, 1.165) is 18.9 Å². The van der Waals surface area contributed by atoms with Gasteiger partial charge in [0.15, 0.2) is 5.96 Å². The largest absolute Gasteiger partial charge is 0.444 e. The normalized spacial score (nSPS) is 13.9. The van der Waals surface area contributed by atoms with Crippen LogP contribution >= 0.6 is 0 Å². The van der Waals surface area contributed by atoms with Gasteiger partial charge in [-0.15, -0.1) is 0 Å². The van der Waals surface area contributed by atoms with Crippen LogP contribution < -0.4 is 10.6 Å². The standard InChI is InChI=1S/C15H32N4O2/c1-11(2)12(18-14(20)21-15(3,4)5)9-10-19(8)13(16-6)17-7/h11-12H,9-10H2,1-8H3,(H,16,17)(H,18,20). The van der Waals surface area contributed by atoms with Gasteiger partial charge < -0.3 is 20.3 Å². The van der Waals surface area contributed by atoms with Crippen molar-refractivity contribution in [2.75, 3.05) is 27.7 Å². The number of alkyl carbamates (subject to hydrolysis) is 1. The molecule has 0 rings (SSSR count). The van der Waals surface area contributed by atoms with Gasteiger partial charge in [0.25, 0.3) is 0 Å². The summed E-state index contributed by atoms with van der Waals surface area (Å²) in [5.41, 5.74) is -0.476. The van der Waals surface area contributed by atoms with Crippen LogP contribution in [0.5, 0.6) is 0 Å². The van der Waals surface area contributed by atoms with Crippen molar-refractivity contribution in [2.24, 2.45) is 10.9 Å². The molecule has 0 saturated heterocycles. The monoisotopic (exact) mass is 300 g/mol. The van der Waals surface area contributed by atoms with Crippen LogP contribution in [0.25, 0.3) is 0 Å². The third kappa shape index (κ3) is 8.42. The molecule has 1 amide bonds. The van der Waals surface area contributed by atoms with Crippen molar-refractivity contribution in [1.29, 1.82) is 0 Å². The van der Waals surface area contributed by atoms with E-state index < -0.39 is 5.60 Å². The molecule has 0 aliphatic rings. The number of nitrogens with one attached hydrogen (secondary N) is 2. The Balaban J connectivity index is 4.48. The SMILES string of the molecule is CN=C(NC)N(C)CCC(NC(=O)OC(C)(C)C)C(C)C. The molecule has 0 saturated carbocycles. The zero-order valence-corrected chi connectivity index (χ0v) is 14.8. The lowest BCUT2D eigenvalue weighted by atomic mass is 10.0. The fourth-order valence-electron chi connectivity index (χ4n) is 1.94. The summed E-state index contributed by atoms with van der Waals surface area (Å²) in [5.74, 6) is 1.16. The van der Waals surface area contributed by atoms with Crippen LogP contribution in [0, 0.1) is 5.92 Å². The molecule has 0 bridgehead atoms. The van der Waals surface area contributed by atoms with Crippen LogP contribution in [-0.2, 0) is 4.74 Å². The van der Waals surface area contributed by atoms with Crippen molar-refractivity contribution in [3.63, 3.8) is 0 Å². The lowest BCUT2D eigenvalue weighted by molar-refractivity contribution is 0.0486. The van der Waals surface area contributed by atoms with E-state index >= 15 is 0 Å². The first-order valence-corrected chi connectivity index (χ1v) is 7.46. The van der Waals surface area contributed by atoms with Crippen molar-refractivity contribution in [3.8, 4) is 0 Å². The smallest absolute Gasteiger partial charge is 0.407 e. The van der Waals surface area contributed by atoms with E-state index in [1.54, 1.807) is 7.05 Å². The lowest BCUT2D eigenvalue weighted by Gasteiger charge is -2.28. The molecule has 124 valence electrons. The summed E-state index contributed by atoms with van der Waals surface area (Å²) in [6, 6.07) is 0.0669. The highest BCUT2D eigenvalue weighted by molar-refractivity contribution is 5.79. The number of guanidine groups is 1. The molecule has 0 aromatic rings. The van der Waals surface area contributed by atoms with Crippen molar-refractivity contribution in [3.05, 3.63) is 0 Å². The van der Waals surface area contributed by atoms with Crippen LogP contribution in [0.15, 0.2) is 4.99 Å². The summed E-state index contributed by atoms with van der Waals surface area (Å²) in [5, 5.41) is 6.00. The average molecular weight is 300 g/mol. The predicted molar refractivity (Wildman–Crippen MR) is 87.7 cm³/mol. The average Bonchev–Trinajstić information content (AvgIpc) is 2.33. The minimum absolute atomic E-state index is 0.0669. The first kappa shape index (κ1) is 19.5. The minimum atomic E-state index is -0.476. The molecule has 0 aliphatic carbocycles. The number of amides is 1. The molecule has 6 heteroatoms. The molecule has 21 heavy (non-hydrogen) atoms. The van der Waals surface area contributed by atoms with Crippen LogP contribution in [0.4, 0.5) is 4.79 Å². The van der Waals surface area contributed by atoms with Gasteiger partial charge in [-0.05, 0) is 33.1 Å². The van der Waals surface area contributed by atoms with Gasteiger partial charge >= 0.3 is 6.09 Å². The number of hydrogen-bond donors (Lipinski definition) is 2. The number of hydrogen-bond acceptors (Lipinski definition) is 3. The van der Waals surface area contributed by atoms with E-state index in [4.69, 9.17) is 4.74 Å². The number of carbonyl (C=O) groups is 1. The molecule has 0 spiro atoms. The highest BCUT2D eigenvalue weighted by Gasteiger charge is 2.21. The topological polar surface area (TPSA) is 66.0 Å². The molecule has 0 aliphatic heterocycles. The van der Waals surface area contributed by atoms with Gasteiger partial charge in [0.2, 0.25) is 0 Å². The molecule has 0 radical (unpaired) electrons. The lowest BCUT2D eigenvalue weighted by Crippen LogP contribution is -2.45. The third-order valence-electron chi connectivity index (χ3n) is 3.08. The maximum Gasteiger partial charge on any atom is 0.407 e.